The smallest absolute Gasteiger partial charge is 0.451 e. The Labute approximate surface area is 163 Å². The number of carbonyl (C=O) groups is 2. The van der Waals surface area contributed by atoms with Crippen molar-refractivity contribution in [2.24, 2.45) is 0 Å². The summed E-state index contributed by atoms with van der Waals surface area (Å²) in [7, 11) is 1.45. The van der Waals surface area contributed by atoms with Crippen LogP contribution in [0.1, 0.15) is 16.1 Å². The highest BCUT2D eigenvalue weighted by Crippen LogP contribution is 2.26. The molecule has 6 nitrogen and oxygen atoms in total. The Morgan fingerprint density at radius 2 is 1.76 bits per heavy atom. The number of carbonyl (C=O) groups excluding carboxylic acids is 2. The van der Waals surface area contributed by atoms with Crippen molar-refractivity contribution >= 4 is 28.5 Å². The lowest BCUT2D eigenvalue weighted by Crippen LogP contribution is -2.35. The molecule has 0 fully saturated rings. The first-order valence-electron chi connectivity index (χ1n) is 8.53. The van der Waals surface area contributed by atoms with E-state index in [2.05, 4.69) is 10.1 Å². The number of hydrogen-bond acceptors (Lipinski definition) is 4. The van der Waals surface area contributed by atoms with Crippen LogP contribution in [0.25, 0.3) is 11.0 Å². The number of likely N-dealkylation sites (N-methyl/N-ethyl adjacent to an activating group) is 1. The van der Waals surface area contributed by atoms with Crippen molar-refractivity contribution in [1.29, 1.82) is 0 Å². The Kier molecular flexibility index (Phi) is 5.49. The van der Waals surface area contributed by atoms with Gasteiger partial charge in [0.15, 0.2) is 5.76 Å². The van der Waals surface area contributed by atoms with Gasteiger partial charge in [0.2, 0.25) is 5.91 Å². The van der Waals surface area contributed by atoms with Crippen molar-refractivity contribution in [1.82, 2.24) is 4.90 Å². The molecule has 2 aromatic carbocycles. The van der Waals surface area contributed by atoms with E-state index in [1.54, 1.807) is 19.1 Å². The molecule has 3 aromatic rings. The molecule has 0 saturated carbocycles. The third-order valence-corrected chi connectivity index (χ3v) is 4.14. The predicted octanol–water partition coefficient (Wildman–Crippen LogP) is 4.35. The molecular weight excluding hydrogens is 389 g/mol. The second-order valence-electron chi connectivity index (χ2n) is 6.33. The van der Waals surface area contributed by atoms with E-state index in [0.29, 0.717) is 11.1 Å². The Morgan fingerprint density at radius 1 is 1.10 bits per heavy atom. The van der Waals surface area contributed by atoms with Gasteiger partial charge in [-0.15, -0.1) is 13.2 Å². The van der Waals surface area contributed by atoms with Crippen LogP contribution in [-0.2, 0) is 4.79 Å². The van der Waals surface area contributed by atoms with Gasteiger partial charge in [0.25, 0.3) is 5.91 Å². The fraction of sp³-hybridized carbons (Fsp3) is 0.200. The predicted molar refractivity (Wildman–Crippen MR) is 99.7 cm³/mol. The van der Waals surface area contributed by atoms with Crippen LogP contribution in [0.4, 0.5) is 18.9 Å². The van der Waals surface area contributed by atoms with Gasteiger partial charge in [0, 0.05) is 23.7 Å². The van der Waals surface area contributed by atoms with Crippen molar-refractivity contribution in [3.05, 3.63) is 59.9 Å². The van der Waals surface area contributed by atoms with Crippen LogP contribution in [-0.4, -0.2) is 36.7 Å². The molecule has 0 radical (unpaired) electrons. The highest BCUT2D eigenvalue weighted by molar-refractivity contribution is 6.01. The van der Waals surface area contributed by atoms with E-state index in [4.69, 9.17) is 4.42 Å². The maximum Gasteiger partial charge on any atom is 0.573 e. The third kappa shape index (κ3) is 4.87. The Bertz CT molecular complexity index is 1040. The molecular formula is C20H17F3N2O4. The quantitative estimate of drug-likeness (QED) is 0.684. The minimum atomic E-state index is -4.79. The number of alkyl halides is 3. The van der Waals surface area contributed by atoms with Gasteiger partial charge in [-0.05, 0) is 37.3 Å². The van der Waals surface area contributed by atoms with Gasteiger partial charge in [-0.25, -0.2) is 0 Å². The minimum absolute atomic E-state index is 0.148. The highest BCUT2D eigenvalue weighted by atomic mass is 19.4. The summed E-state index contributed by atoms with van der Waals surface area (Å²) in [6.07, 6.45) is -4.79. The van der Waals surface area contributed by atoms with Gasteiger partial charge >= 0.3 is 6.36 Å². The van der Waals surface area contributed by atoms with E-state index in [-0.39, 0.29) is 18.0 Å². The van der Waals surface area contributed by atoms with Gasteiger partial charge < -0.3 is 19.4 Å². The zero-order valence-corrected chi connectivity index (χ0v) is 15.5. The summed E-state index contributed by atoms with van der Waals surface area (Å²) in [5.74, 6) is -1.22. The zero-order chi connectivity index (χ0) is 21.2. The van der Waals surface area contributed by atoms with E-state index in [0.717, 1.165) is 17.5 Å². The topological polar surface area (TPSA) is 71.8 Å². The number of ether oxygens (including phenoxy) is 1. The fourth-order valence-electron chi connectivity index (χ4n) is 2.78. The van der Waals surface area contributed by atoms with Crippen LogP contribution in [0.15, 0.2) is 52.9 Å². The van der Waals surface area contributed by atoms with Gasteiger partial charge in [0.1, 0.15) is 11.3 Å². The largest absolute Gasteiger partial charge is 0.573 e. The molecule has 2 amide bonds. The van der Waals surface area contributed by atoms with E-state index in [9.17, 15) is 22.8 Å². The SMILES string of the molecule is Cc1c(C(=O)N(C)CC(=O)Nc2ccc(OC(F)(F)F)cc2)oc2ccccc12. The number of hydrogen-bond donors (Lipinski definition) is 1. The Hall–Kier alpha value is -3.49. The molecule has 0 aliphatic heterocycles. The van der Waals surface area contributed by atoms with Crippen molar-refractivity contribution in [2.75, 3.05) is 18.9 Å². The third-order valence-electron chi connectivity index (χ3n) is 4.14. The molecule has 0 unspecified atom stereocenters. The summed E-state index contributed by atoms with van der Waals surface area (Å²) >= 11 is 0. The maximum atomic E-state index is 12.6. The zero-order valence-electron chi connectivity index (χ0n) is 15.5. The molecule has 3 rings (SSSR count). The first-order chi connectivity index (χ1) is 13.6. The molecule has 152 valence electrons. The molecule has 29 heavy (non-hydrogen) atoms. The first-order valence-corrected chi connectivity index (χ1v) is 8.53. The van der Waals surface area contributed by atoms with Gasteiger partial charge in [-0.1, -0.05) is 18.2 Å². The maximum absolute atomic E-state index is 12.6. The summed E-state index contributed by atoms with van der Waals surface area (Å²) in [6, 6.07) is 11.9. The Balaban J connectivity index is 1.62. The van der Waals surface area contributed by atoms with Crippen LogP contribution in [0.2, 0.25) is 0 Å². The normalized spacial score (nSPS) is 11.3. The molecule has 0 saturated heterocycles. The van der Waals surface area contributed by atoms with Crippen molar-refractivity contribution < 1.29 is 31.9 Å². The highest BCUT2D eigenvalue weighted by Gasteiger charge is 2.31. The van der Waals surface area contributed by atoms with Crippen LogP contribution in [0, 0.1) is 6.92 Å². The van der Waals surface area contributed by atoms with E-state index in [1.807, 2.05) is 12.1 Å². The first kappa shape index (κ1) is 20.2. The van der Waals surface area contributed by atoms with Crippen LogP contribution < -0.4 is 10.1 Å². The van der Waals surface area contributed by atoms with E-state index < -0.39 is 23.9 Å². The van der Waals surface area contributed by atoms with Gasteiger partial charge in [-0.2, -0.15) is 0 Å². The number of halogens is 3. The van der Waals surface area contributed by atoms with Crippen molar-refractivity contribution in [3.8, 4) is 5.75 Å². The van der Waals surface area contributed by atoms with Crippen molar-refractivity contribution in [3.63, 3.8) is 0 Å². The Morgan fingerprint density at radius 3 is 2.38 bits per heavy atom. The number of para-hydroxylation sites is 1. The number of amides is 2. The number of benzene rings is 2. The summed E-state index contributed by atoms with van der Waals surface area (Å²) in [6.45, 7) is 1.49. The number of nitrogens with zero attached hydrogens (tertiary/aromatic N) is 1. The van der Waals surface area contributed by atoms with E-state index >= 15 is 0 Å². The summed E-state index contributed by atoms with van der Waals surface area (Å²) in [5.41, 5.74) is 1.52. The molecule has 1 aromatic heterocycles. The molecule has 0 bridgehead atoms. The van der Waals surface area contributed by atoms with Crippen LogP contribution >= 0.6 is 0 Å². The summed E-state index contributed by atoms with van der Waals surface area (Å²) in [4.78, 5) is 26.0. The molecule has 9 heteroatoms. The second kappa shape index (κ2) is 7.86. The average Bonchev–Trinajstić information content (AvgIpc) is 2.98. The molecule has 1 heterocycles. The lowest BCUT2D eigenvalue weighted by Gasteiger charge is -2.16. The molecule has 0 aliphatic carbocycles. The number of fused-ring (bicyclic) bond motifs is 1. The number of anilines is 1. The molecule has 0 spiro atoms. The second-order valence-corrected chi connectivity index (χ2v) is 6.33. The molecule has 1 N–H and O–H groups in total. The van der Waals surface area contributed by atoms with Crippen molar-refractivity contribution in [2.45, 2.75) is 13.3 Å². The number of nitrogens with one attached hydrogen (secondary N) is 1. The lowest BCUT2D eigenvalue weighted by atomic mass is 10.1. The number of rotatable bonds is 5. The van der Waals surface area contributed by atoms with Crippen LogP contribution in [0.3, 0.4) is 0 Å². The summed E-state index contributed by atoms with van der Waals surface area (Å²) in [5, 5.41) is 3.32. The molecule has 0 aliphatic rings. The van der Waals surface area contributed by atoms with Crippen LogP contribution in [0.5, 0.6) is 5.75 Å². The van der Waals surface area contributed by atoms with Gasteiger partial charge in [-0.3, -0.25) is 9.59 Å². The molecule has 0 atom stereocenters. The fourth-order valence-corrected chi connectivity index (χ4v) is 2.78. The monoisotopic (exact) mass is 406 g/mol. The number of furan rings is 1. The lowest BCUT2D eigenvalue weighted by molar-refractivity contribution is -0.274. The van der Waals surface area contributed by atoms with Gasteiger partial charge in [0.05, 0.1) is 6.54 Å². The minimum Gasteiger partial charge on any atom is -0.451 e. The van der Waals surface area contributed by atoms with E-state index in [1.165, 1.54) is 24.1 Å². The number of aryl methyl sites for hydroxylation is 1. The average molecular weight is 406 g/mol. The standard InChI is InChI=1S/C20H17F3N2O4/c1-12-15-5-3-4-6-16(15)28-18(12)19(27)25(2)11-17(26)24-13-7-9-14(10-8-13)29-20(21,22)23/h3-10H,11H2,1-2H3,(H,24,26). The summed E-state index contributed by atoms with van der Waals surface area (Å²) < 4.78 is 45.9.